The van der Waals surface area contributed by atoms with E-state index in [9.17, 15) is 24.8 Å². The summed E-state index contributed by atoms with van der Waals surface area (Å²) in [5.74, 6) is -2.35. The Morgan fingerprint density at radius 3 is 2.48 bits per heavy atom. The summed E-state index contributed by atoms with van der Waals surface area (Å²) in [5, 5.41) is 25.0. The number of aliphatic hydroxyl groups excluding tert-OH is 1. The van der Waals surface area contributed by atoms with Crippen molar-refractivity contribution < 1.29 is 38.6 Å². The van der Waals surface area contributed by atoms with Gasteiger partial charge in [0.25, 0.3) is 5.69 Å². The second-order valence-corrected chi connectivity index (χ2v) is 9.74. The van der Waals surface area contributed by atoms with Crippen LogP contribution in [0.5, 0.6) is 11.5 Å². The topological polar surface area (TPSA) is 159 Å². The number of allylic oxidation sites excluding steroid dienone is 1. The first-order valence-corrected chi connectivity index (χ1v) is 13.6. The third-order valence-corrected chi connectivity index (χ3v) is 6.80. The van der Waals surface area contributed by atoms with Crippen LogP contribution in [-0.4, -0.2) is 74.3 Å². The zero-order valence-electron chi connectivity index (χ0n) is 24.2. The number of esters is 2. The van der Waals surface area contributed by atoms with Gasteiger partial charge in [0.2, 0.25) is 0 Å². The molecule has 3 rings (SSSR count). The molecule has 0 bridgehead atoms. The highest BCUT2D eigenvalue weighted by molar-refractivity contribution is 6.07. The number of para-hydroxylation sites is 1. The lowest BCUT2D eigenvalue weighted by molar-refractivity contribution is -0.385. The van der Waals surface area contributed by atoms with Crippen LogP contribution < -0.4 is 14.8 Å². The summed E-state index contributed by atoms with van der Waals surface area (Å²) in [6, 6.07) is 13.3. The van der Waals surface area contributed by atoms with E-state index >= 15 is 0 Å². The maximum absolute atomic E-state index is 12.9. The smallest absolute Gasteiger partial charge is 0.336 e. The normalized spacial score (nSPS) is 17.2. The van der Waals surface area contributed by atoms with Crippen molar-refractivity contribution in [3.63, 3.8) is 0 Å². The molecule has 2 unspecified atom stereocenters. The van der Waals surface area contributed by atoms with Gasteiger partial charge in [0, 0.05) is 41.6 Å². The van der Waals surface area contributed by atoms with Crippen molar-refractivity contribution in [3.8, 4) is 11.5 Å². The molecule has 0 saturated heterocycles. The summed E-state index contributed by atoms with van der Waals surface area (Å²) >= 11 is 0. The van der Waals surface area contributed by atoms with Gasteiger partial charge in [0.15, 0.2) is 0 Å². The maximum atomic E-state index is 12.9. The van der Waals surface area contributed by atoms with Gasteiger partial charge in [0.05, 0.1) is 31.3 Å². The van der Waals surface area contributed by atoms with Gasteiger partial charge in [0.1, 0.15) is 30.1 Å². The Balaban J connectivity index is 1.67. The molecule has 1 aliphatic heterocycles. The van der Waals surface area contributed by atoms with Crippen LogP contribution >= 0.6 is 0 Å². The summed E-state index contributed by atoms with van der Waals surface area (Å²) in [7, 11) is 2.44. The number of methoxy groups -OCH3 is 2. The molecule has 12 heteroatoms. The van der Waals surface area contributed by atoms with Gasteiger partial charge in [-0.3, -0.25) is 19.9 Å². The highest BCUT2D eigenvalue weighted by Gasteiger charge is 2.43. The lowest BCUT2D eigenvalue weighted by atomic mass is 9.75. The number of nitro groups is 1. The Labute approximate surface area is 244 Å². The molecule has 42 heavy (non-hydrogen) atoms. The van der Waals surface area contributed by atoms with E-state index < -0.39 is 34.8 Å². The third kappa shape index (κ3) is 8.37. The van der Waals surface area contributed by atoms with Gasteiger partial charge in [-0.25, -0.2) is 4.79 Å². The number of non-ortho nitro benzene ring substituents is 1. The first-order valence-electron chi connectivity index (χ1n) is 13.6. The minimum absolute atomic E-state index is 0.0999. The number of nitro benzene ring substituents is 1. The molecule has 0 fully saturated rings. The number of carbonyl (C=O) groups excluding carboxylic acids is 2. The molecule has 3 atom stereocenters. The number of ether oxygens (including phenoxy) is 4. The second kappa shape index (κ2) is 15.6. The Hall–Kier alpha value is -4.29. The molecule has 1 aliphatic rings. The van der Waals surface area contributed by atoms with E-state index in [0.717, 1.165) is 6.42 Å². The van der Waals surface area contributed by atoms with E-state index in [1.165, 1.54) is 32.4 Å². The number of hydrogen-bond donors (Lipinski definition) is 2. The van der Waals surface area contributed by atoms with Gasteiger partial charge in [-0.1, -0.05) is 18.2 Å². The van der Waals surface area contributed by atoms with E-state index in [1.807, 2.05) is 30.3 Å². The van der Waals surface area contributed by atoms with E-state index in [2.05, 4.69) is 10.3 Å². The molecule has 12 nitrogen and oxygen atoms in total. The molecule has 2 aromatic carbocycles. The Morgan fingerprint density at radius 1 is 1.07 bits per heavy atom. The molecule has 0 aromatic heterocycles. The predicted octanol–water partition coefficient (Wildman–Crippen LogP) is 3.58. The largest absolute Gasteiger partial charge is 0.493 e. The van der Waals surface area contributed by atoms with Crippen molar-refractivity contribution in [1.82, 2.24) is 5.32 Å². The second-order valence-electron chi connectivity index (χ2n) is 9.74. The molecule has 1 heterocycles. The number of nitrogens with zero attached hydrogens (tertiary/aromatic N) is 2. The minimum atomic E-state index is -1.02. The molecule has 0 radical (unpaired) electrons. The van der Waals surface area contributed by atoms with Crippen LogP contribution in [-0.2, 0) is 19.1 Å². The molecule has 226 valence electrons. The van der Waals surface area contributed by atoms with E-state index in [-0.39, 0.29) is 30.0 Å². The number of rotatable bonds is 15. The summed E-state index contributed by atoms with van der Waals surface area (Å²) < 4.78 is 21.6. The van der Waals surface area contributed by atoms with Crippen LogP contribution in [0.2, 0.25) is 0 Å². The Kier molecular flexibility index (Phi) is 12.0. The minimum Gasteiger partial charge on any atom is -0.493 e. The summed E-state index contributed by atoms with van der Waals surface area (Å²) in [4.78, 5) is 41.2. The predicted molar refractivity (Wildman–Crippen MR) is 155 cm³/mol. The van der Waals surface area contributed by atoms with Crippen molar-refractivity contribution in [2.45, 2.75) is 38.7 Å². The average Bonchev–Trinajstić information content (AvgIpc) is 2.99. The summed E-state index contributed by atoms with van der Waals surface area (Å²) in [6.07, 6.45) is 0.681. The SMILES string of the molecule is COC(=O)C1=C(C)N=C(C)C(C(=O)OC)C1c1cc([N+](=O)[O-])ccc1OCCCCNC[C@H](O)COc1ccccc1. The van der Waals surface area contributed by atoms with Crippen molar-refractivity contribution in [2.75, 3.05) is 40.5 Å². The molecule has 2 N–H and O–H groups in total. The third-order valence-electron chi connectivity index (χ3n) is 6.80. The van der Waals surface area contributed by atoms with Gasteiger partial charge >= 0.3 is 11.9 Å². The Morgan fingerprint density at radius 2 is 1.81 bits per heavy atom. The number of unbranched alkanes of at least 4 members (excludes halogenated alkanes) is 1. The number of hydrogen-bond acceptors (Lipinski definition) is 11. The first kappa shape index (κ1) is 32.2. The number of nitrogens with one attached hydrogen (secondary N) is 1. The molecule has 2 aromatic rings. The fourth-order valence-corrected chi connectivity index (χ4v) is 4.78. The molecule has 0 saturated carbocycles. The molecule has 0 amide bonds. The maximum Gasteiger partial charge on any atom is 0.336 e. The van der Waals surface area contributed by atoms with Gasteiger partial charge in [-0.15, -0.1) is 0 Å². The lowest BCUT2D eigenvalue weighted by Crippen LogP contribution is -2.36. The Bertz CT molecular complexity index is 1310. The first-order chi connectivity index (χ1) is 20.2. The highest BCUT2D eigenvalue weighted by atomic mass is 16.6. The quantitative estimate of drug-likeness (QED) is 0.137. The number of benzene rings is 2. The lowest BCUT2D eigenvalue weighted by Gasteiger charge is -2.31. The number of carbonyl (C=O) groups is 2. The highest BCUT2D eigenvalue weighted by Crippen LogP contribution is 2.44. The zero-order valence-corrected chi connectivity index (χ0v) is 24.2. The monoisotopic (exact) mass is 583 g/mol. The molecular weight excluding hydrogens is 546 g/mol. The fourth-order valence-electron chi connectivity index (χ4n) is 4.78. The van der Waals surface area contributed by atoms with Gasteiger partial charge in [-0.05, 0) is 51.4 Å². The van der Waals surface area contributed by atoms with Crippen LogP contribution in [0.25, 0.3) is 0 Å². The fraction of sp³-hybridized carbons (Fsp3) is 0.433. The van der Waals surface area contributed by atoms with Gasteiger partial charge in [-0.2, -0.15) is 0 Å². The van der Waals surface area contributed by atoms with Crippen LogP contribution in [0.4, 0.5) is 5.69 Å². The van der Waals surface area contributed by atoms with E-state index in [0.29, 0.717) is 42.4 Å². The molecule has 0 aliphatic carbocycles. The molecule has 0 spiro atoms. The van der Waals surface area contributed by atoms with Crippen molar-refractivity contribution in [2.24, 2.45) is 10.9 Å². The van der Waals surface area contributed by atoms with E-state index in [1.54, 1.807) is 13.8 Å². The van der Waals surface area contributed by atoms with Crippen LogP contribution in [0.3, 0.4) is 0 Å². The van der Waals surface area contributed by atoms with Crippen LogP contribution in [0, 0.1) is 16.0 Å². The summed E-state index contributed by atoms with van der Waals surface area (Å²) in [6.45, 7) is 4.68. The average molecular weight is 584 g/mol. The molecular formula is C30H37N3O9. The van der Waals surface area contributed by atoms with Crippen molar-refractivity contribution in [3.05, 3.63) is 75.5 Å². The zero-order chi connectivity index (χ0) is 30.6. The summed E-state index contributed by atoms with van der Waals surface area (Å²) in [5.41, 5.74) is 0.902. The van der Waals surface area contributed by atoms with Crippen LogP contribution in [0.15, 0.2) is 64.8 Å². The number of aliphatic imine (C=N–C) groups is 1. The standard InChI is InChI=1S/C30H37N3O9/c1-19-26(29(35)39-3)28(27(20(2)32-19)30(36)40-4)24-16-21(33(37)38)12-13-25(24)41-15-9-8-14-31-17-22(34)18-42-23-10-6-5-7-11-23/h5-7,10-13,16,22,26,28,31,34H,8-9,14-15,17-18H2,1-4H3/t22-,26?,28?/m0/s1. The van der Waals surface area contributed by atoms with Crippen molar-refractivity contribution in [1.29, 1.82) is 0 Å². The van der Waals surface area contributed by atoms with Crippen LogP contribution in [0.1, 0.15) is 38.2 Å². The van der Waals surface area contributed by atoms with E-state index in [4.69, 9.17) is 18.9 Å². The number of aliphatic hydroxyl groups is 1. The van der Waals surface area contributed by atoms with Crippen molar-refractivity contribution >= 4 is 23.3 Å². The van der Waals surface area contributed by atoms with Gasteiger partial charge < -0.3 is 29.4 Å².